The highest BCUT2D eigenvalue weighted by molar-refractivity contribution is 5.18. The number of hydrogen-bond acceptors (Lipinski definition) is 2. The van der Waals surface area contributed by atoms with E-state index in [2.05, 4.69) is 16.7 Å². The van der Waals surface area contributed by atoms with E-state index >= 15 is 0 Å². The highest BCUT2D eigenvalue weighted by Crippen LogP contribution is 2.45. The van der Waals surface area contributed by atoms with Gasteiger partial charge in [0.25, 0.3) is 0 Å². The second-order valence-electron chi connectivity index (χ2n) is 4.56. The molecule has 0 spiro atoms. The first-order chi connectivity index (χ1) is 7.19. The smallest absolute Gasteiger partial charge is 0.187 e. The maximum absolute atomic E-state index is 8.33. The van der Waals surface area contributed by atoms with Gasteiger partial charge in [-0.2, -0.15) is 0 Å². The molecule has 2 rings (SSSR count). The molecule has 0 N–H and O–H groups in total. The number of rotatable bonds is 3. The lowest BCUT2D eigenvalue weighted by atomic mass is 9.98. The first-order valence-electron chi connectivity index (χ1n) is 5.39. The summed E-state index contributed by atoms with van der Waals surface area (Å²) in [4.78, 5) is 2.82. The Morgan fingerprint density at radius 1 is 1.53 bits per heavy atom. The minimum Gasteiger partial charge on any atom is -0.371 e. The van der Waals surface area contributed by atoms with Gasteiger partial charge in [-0.05, 0) is 18.4 Å². The van der Waals surface area contributed by atoms with Crippen LogP contribution in [0.25, 0.3) is 10.4 Å². The molecule has 0 aromatic heterocycles. The quantitative estimate of drug-likeness (QED) is 0.229. The monoisotopic (exact) mass is 209 g/mol. The topological polar surface area (TPSA) is 61.0 Å². The van der Waals surface area contributed by atoms with E-state index in [4.69, 9.17) is 10.3 Å². The van der Waals surface area contributed by atoms with Crippen molar-refractivity contribution in [1.82, 2.24) is 0 Å². The molecule has 2 fully saturated rings. The Morgan fingerprint density at radius 3 is 2.67 bits per heavy atom. The zero-order valence-electron chi connectivity index (χ0n) is 9.09. The van der Waals surface area contributed by atoms with Gasteiger partial charge in [-0.3, -0.25) is 0 Å². The van der Waals surface area contributed by atoms with Crippen molar-refractivity contribution >= 4 is 6.72 Å². The lowest BCUT2D eigenvalue weighted by Gasteiger charge is -2.30. The van der Waals surface area contributed by atoms with Crippen molar-refractivity contribution < 1.29 is 9.31 Å². The predicted molar refractivity (Wildman–Crippen MR) is 57.2 cm³/mol. The van der Waals surface area contributed by atoms with Gasteiger partial charge in [0, 0.05) is 17.8 Å². The summed E-state index contributed by atoms with van der Waals surface area (Å²) < 4.78 is 7.82. The number of likely N-dealkylation sites (N-methyl/N-ethyl adjacent to an activating group) is 1. The predicted octanol–water partition coefficient (Wildman–Crippen LogP) is 1.72. The van der Waals surface area contributed by atoms with E-state index in [1.807, 2.05) is 11.6 Å². The average Bonchev–Trinajstić information content (AvgIpc) is 3.00. The summed E-state index contributed by atoms with van der Waals surface area (Å²) >= 11 is 0. The largest absolute Gasteiger partial charge is 0.371 e. The van der Waals surface area contributed by atoms with Gasteiger partial charge in [-0.15, -0.1) is 0 Å². The maximum Gasteiger partial charge on any atom is 0.187 e. The fourth-order valence-electron chi connectivity index (χ4n) is 2.40. The normalized spacial score (nSPS) is 32.9. The molecule has 2 aliphatic rings. The molecule has 0 radical (unpaired) electrons. The van der Waals surface area contributed by atoms with Crippen LogP contribution in [0.15, 0.2) is 5.11 Å². The van der Waals surface area contributed by atoms with E-state index in [0.29, 0.717) is 6.61 Å². The molecule has 0 aromatic rings. The average molecular weight is 209 g/mol. The molecule has 82 valence electrons. The van der Waals surface area contributed by atoms with Crippen LogP contribution < -0.4 is 0 Å². The molecule has 2 atom stereocenters. The van der Waals surface area contributed by atoms with Crippen LogP contribution in [0.2, 0.25) is 0 Å². The second-order valence-corrected chi connectivity index (χ2v) is 4.56. The van der Waals surface area contributed by atoms with Crippen molar-refractivity contribution in [2.45, 2.75) is 43.4 Å². The summed E-state index contributed by atoms with van der Waals surface area (Å²) in [5.74, 6) is 0. The summed E-state index contributed by atoms with van der Waals surface area (Å²) in [5, 5.41) is 3.69. The number of nitrogens with zero attached hydrogens (tertiary/aromatic N) is 4. The van der Waals surface area contributed by atoms with Crippen LogP contribution in [-0.4, -0.2) is 42.6 Å². The molecule has 0 bridgehead atoms. The van der Waals surface area contributed by atoms with E-state index < -0.39 is 0 Å². The minimum atomic E-state index is 0.0252. The molecule has 5 heteroatoms. The Kier molecular flexibility index (Phi) is 2.67. The van der Waals surface area contributed by atoms with Crippen LogP contribution in [0, 0.1) is 0 Å². The van der Waals surface area contributed by atoms with Gasteiger partial charge >= 0.3 is 0 Å². The van der Waals surface area contributed by atoms with Gasteiger partial charge < -0.3 is 4.74 Å². The van der Waals surface area contributed by atoms with Gasteiger partial charge in [0.15, 0.2) is 5.54 Å². The van der Waals surface area contributed by atoms with Crippen LogP contribution in [0.5, 0.6) is 0 Å². The van der Waals surface area contributed by atoms with Gasteiger partial charge in [-0.25, -0.2) is 4.58 Å². The molecular formula is C10H17N4O+. The molecule has 1 saturated carbocycles. The summed E-state index contributed by atoms with van der Waals surface area (Å²) in [7, 11) is 2.01. The van der Waals surface area contributed by atoms with E-state index in [1.54, 1.807) is 0 Å². The van der Waals surface area contributed by atoms with Gasteiger partial charge in [0.2, 0.25) is 0 Å². The van der Waals surface area contributed by atoms with E-state index in [1.165, 1.54) is 12.8 Å². The van der Waals surface area contributed by atoms with Crippen molar-refractivity contribution in [2.24, 2.45) is 5.11 Å². The second kappa shape index (κ2) is 3.83. The molecule has 0 amide bonds. The first-order valence-corrected chi connectivity index (χ1v) is 5.39. The number of azide groups is 1. The van der Waals surface area contributed by atoms with Gasteiger partial charge in [0.1, 0.15) is 19.9 Å². The highest BCUT2D eigenvalue weighted by Gasteiger charge is 2.58. The Morgan fingerprint density at radius 2 is 2.27 bits per heavy atom. The molecular weight excluding hydrogens is 192 g/mol. The van der Waals surface area contributed by atoms with Crippen molar-refractivity contribution in [3.05, 3.63) is 10.4 Å². The zero-order chi connectivity index (χ0) is 10.9. The standard InChI is InChI=1S/C10H17N4O/c1-14(2)10(5-6-10)9-4-3-8(7-15-9)12-13-11/h8-9H,1,3-7H2,2H3/q+1/t8?,9-/m0/s1. The van der Waals surface area contributed by atoms with Crippen LogP contribution in [-0.2, 0) is 4.74 Å². The molecule has 1 aliphatic heterocycles. The van der Waals surface area contributed by atoms with Crippen molar-refractivity contribution in [3.63, 3.8) is 0 Å². The molecule has 1 heterocycles. The minimum absolute atomic E-state index is 0.0252. The van der Waals surface area contributed by atoms with E-state index in [-0.39, 0.29) is 17.7 Å². The Bertz CT molecular complexity index is 309. The Labute approximate surface area is 89.4 Å². The molecule has 5 nitrogen and oxygen atoms in total. The molecule has 0 aromatic carbocycles. The van der Waals surface area contributed by atoms with Crippen molar-refractivity contribution in [3.8, 4) is 0 Å². The fourth-order valence-corrected chi connectivity index (χ4v) is 2.40. The van der Waals surface area contributed by atoms with Crippen molar-refractivity contribution in [1.29, 1.82) is 0 Å². The lowest BCUT2D eigenvalue weighted by molar-refractivity contribution is -0.560. The van der Waals surface area contributed by atoms with E-state index in [9.17, 15) is 0 Å². The molecule has 15 heavy (non-hydrogen) atoms. The van der Waals surface area contributed by atoms with Gasteiger partial charge in [-0.1, -0.05) is 5.11 Å². The van der Waals surface area contributed by atoms with E-state index in [0.717, 1.165) is 12.8 Å². The molecule has 1 aliphatic carbocycles. The first kappa shape index (κ1) is 10.5. The van der Waals surface area contributed by atoms with Crippen LogP contribution in [0.3, 0.4) is 0 Å². The van der Waals surface area contributed by atoms with Crippen LogP contribution in [0.1, 0.15) is 25.7 Å². The lowest BCUT2D eigenvalue weighted by Crippen LogP contribution is -2.43. The molecule has 1 unspecified atom stereocenters. The summed E-state index contributed by atoms with van der Waals surface area (Å²) in [6.45, 7) is 4.53. The Balaban J connectivity index is 1.94. The zero-order valence-corrected chi connectivity index (χ0v) is 9.09. The van der Waals surface area contributed by atoms with Crippen LogP contribution >= 0.6 is 0 Å². The van der Waals surface area contributed by atoms with Crippen molar-refractivity contribution in [2.75, 3.05) is 13.7 Å². The highest BCUT2D eigenvalue weighted by atomic mass is 16.5. The van der Waals surface area contributed by atoms with Crippen LogP contribution in [0.4, 0.5) is 0 Å². The third-order valence-electron chi connectivity index (χ3n) is 3.59. The SMILES string of the molecule is C=[N+](C)C1([C@@H]2CCC(N=[N+]=[N-])CO2)CC1. The maximum atomic E-state index is 8.33. The third-order valence-corrected chi connectivity index (χ3v) is 3.59. The summed E-state index contributed by atoms with van der Waals surface area (Å²) in [6, 6.07) is 0.0252. The molecule has 1 saturated heterocycles. The fraction of sp³-hybridized carbons (Fsp3) is 0.900. The number of hydrogen-bond donors (Lipinski definition) is 0. The third kappa shape index (κ3) is 1.85. The Hall–Kier alpha value is -1.06. The summed E-state index contributed by atoms with van der Waals surface area (Å²) in [6.07, 6.45) is 4.52. The number of ether oxygens (including phenoxy) is 1. The van der Waals surface area contributed by atoms with Gasteiger partial charge in [0.05, 0.1) is 12.6 Å². The summed E-state index contributed by atoms with van der Waals surface area (Å²) in [5.41, 5.74) is 8.50.